The lowest BCUT2D eigenvalue weighted by Gasteiger charge is -2.44. The van der Waals surface area contributed by atoms with E-state index in [0.717, 1.165) is 26.2 Å². The Bertz CT molecular complexity index is 1040. The summed E-state index contributed by atoms with van der Waals surface area (Å²) in [5, 5.41) is 12.1. The summed E-state index contributed by atoms with van der Waals surface area (Å²) in [7, 11) is 0. The van der Waals surface area contributed by atoms with E-state index in [4.69, 9.17) is 14.2 Å². The van der Waals surface area contributed by atoms with Crippen LogP contribution < -0.4 is 4.90 Å². The van der Waals surface area contributed by atoms with Gasteiger partial charge < -0.3 is 24.2 Å². The summed E-state index contributed by atoms with van der Waals surface area (Å²) in [5.74, 6) is -2.26. The summed E-state index contributed by atoms with van der Waals surface area (Å²) < 4.78 is 17.4. The van der Waals surface area contributed by atoms with Gasteiger partial charge in [0.25, 0.3) is 0 Å². The summed E-state index contributed by atoms with van der Waals surface area (Å²) >= 11 is 0. The van der Waals surface area contributed by atoms with Crippen LogP contribution in [0.2, 0.25) is 0 Å². The number of piperazine rings is 1. The van der Waals surface area contributed by atoms with Gasteiger partial charge in [0.15, 0.2) is 0 Å². The van der Waals surface area contributed by atoms with E-state index in [1.54, 1.807) is 0 Å². The van der Waals surface area contributed by atoms with Crippen molar-refractivity contribution in [1.82, 2.24) is 4.90 Å². The molecule has 2 aliphatic heterocycles. The minimum atomic E-state index is -0.964. The number of rotatable bonds is 5. The van der Waals surface area contributed by atoms with E-state index < -0.39 is 53.6 Å². The van der Waals surface area contributed by atoms with Crippen molar-refractivity contribution in [3.63, 3.8) is 0 Å². The molecule has 208 valence electrons. The number of benzene rings is 1. The number of carbonyl (C=O) groups excluding carboxylic acids is 3. The van der Waals surface area contributed by atoms with E-state index >= 15 is 0 Å². The first-order valence-corrected chi connectivity index (χ1v) is 13.8. The molecular weight excluding hydrogens is 488 g/mol. The molecule has 0 radical (unpaired) electrons. The molecule has 38 heavy (non-hydrogen) atoms. The maximum atomic E-state index is 13.2. The SMILES string of the molecule is CC(=O)O[C@@H]1C[C@@H](OC(C)=O)[C@]2(C)[C@H]1[C@@H](C)C[C@@H]1OC(=O)[C@@H](CN3CCN(c4ccccc4)CC3)[C@@H]1[C@H]2O. The molecule has 9 nitrogen and oxygen atoms in total. The molecule has 0 amide bonds. The Morgan fingerprint density at radius 3 is 2.34 bits per heavy atom. The van der Waals surface area contributed by atoms with Crippen molar-refractivity contribution in [2.45, 2.75) is 65.0 Å². The largest absolute Gasteiger partial charge is 0.462 e. The Labute approximate surface area is 224 Å². The molecule has 9 atom stereocenters. The quantitative estimate of drug-likeness (QED) is 0.455. The fourth-order valence-corrected chi connectivity index (χ4v) is 7.89. The van der Waals surface area contributed by atoms with E-state index in [1.165, 1.54) is 19.5 Å². The Morgan fingerprint density at radius 2 is 1.71 bits per heavy atom. The van der Waals surface area contributed by atoms with Crippen LogP contribution in [0.5, 0.6) is 0 Å². The number of hydrogen-bond donors (Lipinski definition) is 1. The Kier molecular flexibility index (Phi) is 7.44. The highest BCUT2D eigenvalue weighted by atomic mass is 16.6. The summed E-state index contributed by atoms with van der Waals surface area (Å²) in [6, 6.07) is 10.3. The minimum Gasteiger partial charge on any atom is -0.462 e. The van der Waals surface area contributed by atoms with E-state index in [2.05, 4.69) is 28.9 Å². The number of para-hydroxylation sites is 1. The summed E-state index contributed by atoms with van der Waals surface area (Å²) in [5.41, 5.74) is 0.308. The second kappa shape index (κ2) is 10.5. The minimum absolute atomic E-state index is 0.0180. The summed E-state index contributed by atoms with van der Waals surface area (Å²) in [6.07, 6.45) is -1.60. The fourth-order valence-electron chi connectivity index (χ4n) is 7.89. The molecular formula is C29H40N2O7. The summed E-state index contributed by atoms with van der Waals surface area (Å²) in [4.78, 5) is 41.8. The smallest absolute Gasteiger partial charge is 0.311 e. The lowest BCUT2D eigenvalue weighted by Crippen LogP contribution is -2.53. The maximum Gasteiger partial charge on any atom is 0.311 e. The number of aliphatic hydroxyl groups excluding tert-OH is 1. The zero-order valence-electron chi connectivity index (χ0n) is 22.7. The van der Waals surface area contributed by atoms with Gasteiger partial charge in [-0.2, -0.15) is 0 Å². The number of aliphatic hydroxyl groups is 1. The molecule has 2 saturated carbocycles. The second-order valence-electron chi connectivity index (χ2n) is 11.8. The third kappa shape index (κ3) is 4.79. The van der Waals surface area contributed by atoms with Gasteiger partial charge in [-0.1, -0.05) is 32.0 Å². The molecule has 1 aromatic rings. The Balaban J connectivity index is 1.37. The number of hydrogen-bond acceptors (Lipinski definition) is 9. The fraction of sp³-hybridized carbons (Fsp3) is 0.690. The van der Waals surface area contributed by atoms with Gasteiger partial charge in [-0.3, -0.25) is 19.3 Å². The van der Waals surface area contributed by atoms with Crippen LogP contribution in [0.4, 0.5) is 5.69 Å². The van der Waals surface area contributed by atoms with Crippen LogP contribution in [0.3, 0.4) is 0 Å². The first-order chi connectivity index (χ1) is 18.1. The molecule has 9 heteroatoms. The summed E-state index contributed by atoms with van der Waals surface area (Å²) in [6.45, 7) is 10.6. The van der Waals surface area contributed by atoms with Gasteiger partial charge in [0.2, 0.25) is 0 Å². The van der Waals surface area contributed by atoms with Crippen molar-refractivity contribution < 1.29 is 33.7 Å². The Hall–Kier alpha value is -2.65. The molecule has 0 spiro atoms. The van der Waals surface area contributed by atoms with Gasteiger partial charge in [0.05, 0.1) is 12.0 Å². The molecule has 0 aromatic heterocycles. The van der Waals surface area contributed by atoms with Gasteiger partial charge in [0.1, 0.15) is 18.3 Å². The highest BCUT2D eigenvalue weighted by molar-refractivity contribution is 5.76. The van der Waals surface area contributed by atoms with Gasteiger partial charge in [-0.25, -0.2) is 0 Å². The van der Waals surface area contributed by atoms with E-state index in [0.29, 0.717) is 19.4 Å². The normalized spacial score (nSPS) is 39.1. The number of fused-ring (bicyclic) bond motifs is 2. The third-order valence-electron chi connectivity index (χ3n) is 9.52. The average molecular weight is 529 g/mol. The van der Waals surface area contributed by atoms with Crippen molar-refractivity contribution in [2.75, 3.05) is 37.6 Å². The van der Waals surface area contributed by atoms with Crippen LogP contribution in [-0.2, 0) is 28.6 Å². The van der Waals surface area contributed by atoms with Crippen molar-refractivity contribution in [3.05, 3.63) is 30.3 Å². The first-order valence-electron chi connectivity index (χ1n) is 13.8. The molecule has 0 bridgehead atoms. The van der Waals surface area contributed by atoms with Gasteiger partial charge >= 0.3 is 17.9 Å². The molecule has 4 fully saturated rings. The number of ether oxygens (including phenoxy) is 3. The van der Waals surface area contributed by atoms with E-state index in [-0.39, 0.29) is 17.8 Å². The molecule has 1 aromatic carbocycles. The zero-order chi connectivity index (χ0) is 27.2. The van der Waals surface area contributed by atoms with Crippen molar-refractivity contribution in [3.8, 4) is 0 Å². The maximum absolute atomic E-state index is 13.2. The molecule has 5 rings (SSSR count). The van der Waals surface area contributed by atoms with Crippen molar-refractivity contribution in [2.24, 2.45) is 29.1 Å². The predicted octanol–water partition coefficient (Wildman–Crippen LogP) is 2.26. The van der Waals surface area contributed by atoms with Crippen LogP contribution in [0, 0.1) is 29.1 Å². The highest BCUT2D eigenvalue weighted by Gasteiger charge is 2.67. The molecule has 0 unspecified atom stereocenters. The lowest BCUT2D eigenvalue weighted by molar-refractivity contribution is -0.165. The third-order valence-corrected chi connectivity index (χ3v) is 9.52. The number of esters is 3. The van der Waals surface area contributed by atoms with Crippen LogP contribution in [0.25, 0.3) is 0 Å². The van der Waals surface area contributed by atoms with Crippen LogP contribution >= 0.6 is 0 Å². The average Bonchev–Trinajstić information content (AvgIpc) is 3.28. The van der Waals surface area contributed by atoms with Crippen LogP contribution in [0.1, 0.15) is 40.5 Å². The van der Waals surface area contributed by atoms with Crippen molar-refractivity contribution >= 4 is 23.6 Å². The van der Waals surface area contributed by atoms with Crippen LogP contribution in [0.15, 0.2) is 30.3 Å². The van der Waals surface area contributed by atoms with Gasteiger partial charge in [-0.05, 0) is 24.5 Å². The monoisotopic (exact) mass is 528 g/mol. The second-order valence-corrected chi connectivity index (χ2v) is 11.8. The predicted molar refractivity (Wildman–Crippen MR) is 139 cm³/mol. The van der Waals surface area contributed by atoms with Gasteiger partial charge in [-0.15, -0.1) is 0 Å². The number of nitrogens with zero attached hydrogens (tertiary/aromatic N) is 2. The molecule has 2 aliphatic carbocycles. The van der Waals surface area contributed by atoms with Gasteiger partial charge in [0, 0.05) is 75.9 Å². The molecule has 4 aliphatic rings. The standard InChI is InChI=1S/C29H40N2O7/c1-17-14-22-25(27(34)29(4)24(37-19(3)33)15-23(26(17)29)36-18(2)32)21(28(35)38-22)16-30-10-12-31(13-11-30)20-8-6-5-7-9-20/h5-9,17,21-27,34H,10-16H2,1-4H3/t17-,21-,22-,23+,24+,25-,26-,27+,29+/m0/s1. The number of carbonyl (C=O) groups is 3. The molecule has 1 N–H and O–H groups in total. The van der Waals surface area contributed by atoms with E-state index in [9.17, 15) is 19.5 Å². The Morgan fingerprint density at radius 1 is 1.05 bits per heavy atom. The molecule has 2 saturated heterocycles. The van der Waals surface area contributed by atoms with E-state index in [1.807, 2.05) is 25.1 Å². The van der Waals surface area contributed by atoms with Crippen molar-refractivity contribution in [1.29, 1.82) is 0 Å². The topological polar surface area (TPSA) is 106 Å². The molecule has 2 heterocycles. The highest BCUT2D eigenvalue weighted by Crippen LogP contribution is 2.59. The van der Waals surface area contributed by atoms with Crippen LogP contribution in [-0.4, -0.2) is 85.1 Å². The number of anilines is 1. The lowest BCUT2D eigenvalue weighted by atomic mass is 9.66. The first kappa shape index (κ1) is 26.9. The zero-order valence-corrected chi connectivity index (χ0v) is 22.7.